The number of hydrogen-bond donors (Lipinski definition) is 2. The van der Waals surface area contributed by atoms with Gasteiger partial charge in [-0.05, 0) is 54.7 Å². The summed E-state index contributed by atoms with van der Waals surface area (Å²) >= 11 is 0. The highest BCUT2D eigenvalue weighted by atomic mass is 127. The van der Waals surface area contributed by atoms with E-state index < -0.39 is 0 Å². The first-order valence-corrected chi connectivity index (χ1v) is 9.53. The van der Waals surface area contributed by atoms with Gasteiger partial charge in [-0.25, -0.2) is 0 Å². The number of nitrogens with two attached hydrogens (primary N) is 1. The van der Waals surface area contributed by atoms with Crippen LogP contribution >= 0.6 is 24.0 Å². The van der Waals surface area contributed by atoms with Crippen LogP contribution in [-0.2, 0) is 16.6 Å². The van der Waals surface area contributed by atoms with Crippen molar-refractivity contribution in [2.45, 2.75) is 31.6 Å². The second kappa shape index (κ2) is 10.7. The van der Waals surface area contributed by atoms with Crippen LogP contribution in [0, 0.1) is 0 Å². The van der Waals surface area contributed by atoms with Crippen molar-refractivity contribution in [3.8, 4) is 5.75 Å². The normalized spacial score (nSPS) is 16.1. The van der Waals surface area contributed by atoms with E-state index in [2.05, 4.69) is 41.5 Å². The summed E-state index contributed by atoms with van der Waals surface area (Å²) in [5, 5.41) is 3.20. The van der Waals surface area contributed by atoms with Gasteiger partial charge in [0.15, 0.2) is 5.96 Å². The van der Waals surface area contributed by atoms with Crippen LogP contribution in [0.5, 0.6) is 5.75 Å². The van der Waals surface area contributed by atoms with Crippen LogP contribution < -0.4 is 15.8 Å². The molecule has 0 aliphatic carbocycles. The summed E-state index contributed by atoms with van der Waals surface area (Å²) in [6.07, 6.45) is 2.89. The van der Waals surface area contributed by atoms with Crippen molar-refractivity contribution >= 4 is 35.6 Å². The average Bonchev–Trinajstić information content (AvgIpc) is 2.73. The Balaban J connectivity index is 0.00000280. The van der Waals surface area contributed by atoms with Gasteiger partial charge in [0, 0.05) is 24.3 Å². The van der Waals surface area contributed by atoms with Crippen molar-refractivity contribution in [1.29, 1.82) is 0 Å². The Hall–Kier alpha value is -1.80. The molecule has 3 N–H and O–H groups in total. The summed E-state index contributed by atoms with van der Waals surface area (Å²) in [6, 6.07) is 16.6. The molecule has 0 spiro atoms. The van der Waals surface area contributed by atoms with Gasteiger partial charge < -0.3 is 20.5 Å². The number of nitrogens with zero attached hydrogens (tertiary/aromatic N) is 1. The molecule has 28 heavy (non-hydrogen) atoms. The number of rotatable bonds is 6. The number of nitrogens with one attached hydrogen (secondary N) is 1. The fourth-order valence-corrected chi connectivity index (χ4v) is 3.49. The maximum atomic E-state index is 6.16. The molecule has 5 nitrogen and oxygen atoms in total. The molecule has 2 aromatic carbocycles. The van der Waals surface area contributed by atoms with Crippen molar-refractivity contribution < 1.29 is 9.47 Å². The zero-order chi connectivity index (χ0) is 19.1. The Kier molecular flexibility index (Phi) is 8.57. The summed E-state index contributed by atoms with van der Waals surface area (Å²) < 4.78 is 10.9. The second-order valence-electron chi connectivity index (χ2n) is 7.00. The first-order valence-electron chi connectivity index (χ1n) is 9.53. The van der Waals surface area contributed by atoms with Crippen molar-refractivity contribution in [2.75, 3.05) is 32.2 Å². The number of hydrogen-bond acceptors (Lipinski definition) is 3. The van der Waals surface area contributed by atoms with Crippen LogP contribution in [0.2, 0.25) is 0 Å². The van der Waals surface area contributed by atoms with E-state index in [0.29, 0.717) is 12.5 Å². The fraction of sp³-hybridized carbons (Fsp3) is 0.409. The number of methoxy groups -OCH3 is 1. The number of anilines is 1. The van der Waals surface area contributed by atoms with Gasteiger partial charge in [0.2, 0.25) is 0 Å². The van der Waals surface area contributed by atoms with Gasteiger partial charge in [-0.1, -0.05) is 31.2 Å². The van der Waals surface area contributed by atoms with Crippen molar-refractivity contribution in [3.63, 3.8) is 0 Å². The highest BCUT2D eigenvalue weighted by molar-refractivity contribution is 14.0. The van der Waals surface area contributed by atoms with Crippen LogP contribution in [0.15, 0.2) is 53.5 Å². The highest BCUT2D eigenvalue weighted by Gasteiger charge is 2.34. The second-order valence-corrected chi connectivity index (χ2v) is 7.00. The average molecular weight is 495 g/mol. The Labute approximate surface area is 184 Å². The van der Waals surface area contributed by atoms with E-state index >= 15 is 0 Å². The lowest BCUT2D eigenvalue weighted by Gasteiger charge is -2.36. The van der Waals surface area contributed by atoms with Crippen LogP contribution in [-0.4, -0.2) is 32.8 Å². The molecule has 1 heterocycles. The zero-order valence-electron chi connectivity index (χ0n) is 16.6. The van der Waals surface area contributed by atoms with Crippen molar-refractivity contribution in [3.05, 3.63) is 59.7 Å². The third kappa shape index (κ3) is 5.61. The van der Waals surface area contributed by atoms with Gasteiger partial charge in [-0.3, -0.25) is 4.99 Å². The molecule has 0 amide bonds. The first kappa shape index (κ1) is 22.5. The predicted octanol–water partition coefficient (Wildman–Crippen LogP) is 4.35. The quantitative estimate of drug-likeness (QED) is 0.355. The van der Waals surface area contributed by atoms with Crippen LogP contribution in [0.25, 0.3) is 0 Å². The number of ether oxygens (including phenoxy) is 2. The Morgan fingerprint density at radius 1 is 1.11 bits per heavy atom. The summed E-state index contributed by atoms with van der Waals surface area (Å²) in [7, 11) is 1.68. The SMILES string of the molecule is CCc1ccc(NC(N)=NCC2(c3ccc(OC)cc3)CCOCC2)cc1.I. The minimum atomic E-state index is -0.0527. The molecule has 2 aromatic rings. The predicted molar refractivity (Wildman–Crippen MR) is 126 cm³/mol. The maximum absolute atomic E-state index is 6.16. The number of halogens is 1. The monoisotopic (exact) mass is 495 g/mol. The van der Waals surface area contributed by atoms with E-state index in [0.717, 1.165) is 43.9 Å². The molecule has 0 bridgehead atoms. The molecule has 0 atom stereocenters. The standard InChI is InChI=1S/C22H29N3O2.HI/c1-3-17-4-8-19(9-5-17)25-21(23)24-16-22(12-14-27-15-13-22)18-6-10-20(26-2)11-7-18;/h4-11H,3,12-16H2,1-2H3,(H3,23,24,25);1H. The smallest absolute Gasteiger partial charge is 0.193 e. The van der Waals surface area contributed by atoms with Gasteiger partial charge in [-0.2, -0.15) is 0 Å². The summed E-state index contributed by atoms with van der Waals surface area (Å²) in [4.78, 5) is 4.67. The number of benzene rings is 2. The summed E-state index contributed by atoms with van der Waals surface area (Å²) in [5.41, 5.74) is 9.63. The number of aliphatic imine (C=N–C) groups is 1. The summed E-state index contributed by atoms with van der Waals surface area (Å²) in [6.45, 7) is 4.26. The number of aryl methyl sites for hydroxylation is 1. The molecule has 6 heteroatoms. The van der Waals surface area contributed by atoms with E-state index in [1.807, 2.05) is 24.3 Å². The van der Waals surface area contributed by atoms with Gasteiger partial charge in [0.25, 0.3) is 0 Å². The van der Waals surface area contributed by atoms with Crippen LogP contribution in [0.3, 0.4) is 0 Å². The van der Waals surface area contributed by atoms with E-state index in [4.69, 9.17) is 15.2 Å². The third-order valence-corrected chi connectivity index (χ3v) is 5.34. The third-order valence-electron chi connectivity index (χ3n) is 5.34. The van der Waals surface area contributed by atoms with Crippen molar-refractivity contribution in [2.24, 2.45) is 10.7 Å². The number of guanidine groups is 1. The minimum Gasteiger partial charge on any atom is -0.497 e. The lowest BCUT2D eigenvalue weighted by molar-refractivity contribution is 0.0531. The van der Waals surface area contributed by atoms with Gasteiger partial charge in [0.1, 0.15) is 5.75 Å². The molecule has 152 valence electrons. The molecular weight excluding hydrogens is 465 g/mol. The van der Waals surface area contributed by atoms with E-state index in [9.17, 15) is 0 Å². The molecule has 1 fully saturated rings. The minimum absolute atomic E-state index is 0. The highest BCUT2D eigenvalue weighted by Crippen LogP contribution is 2.36. The molecule has 1 saturated heterocycles. The maximum Gasteiger partial charge on any atom is 0.193 e. The fourth-order valence-electron chi connectivity index (χ4n) is 3.49. The lowest BCUT2D eigenvalue weighted by Crippen LogP contribution is -2.38. The van der Waals surface area contributed by atoms with Gasteiger partial charge in [-0.15, -0.1) is 24.0 Å². The lowest BCUT2D eigenvalue weighted by atomic mass is 9.74. The Morgan fingerprint density at radius 3 is 2.32 bits per heavy atom. The summed E-state index contributed by atoms with van der Waals surface area (Å²) in [5.74, 6) is 1.31. The molecule has 1 aliphatic rings. The first-order chi connectivity index (χ1) is 13.1. The molecule has 1 aliphatic heterocycles. The van der Waals surface area contributed by atoms with Crippen LogP contribution in [0.1, 0.15) is 30.9 Å². The van der Waals surface area contributed by atoms with Gasteiger partial charge >= 0.3 is 0 Å². The largest absolute Gasteiger partial charge is 0.497 e. The Morgan fingerprint density at radius 2 is 1.75 bits per heavy atom. The Bertz CT molecular complexity index is 754. The molecule has 0 aromatic heterocycles. The molecule has 0 saturated carbocycles. The molecule has 0 radical (unpaired) electrons. The molecule has 3 rings (SSSR count). The van der Waals surface area contributed by atoms with E-state index in [-0.39, 0.29) is 29.4 Å². The molecule has 0 unspecified atom stereocenters. The van der Waals surface area contributed by atoms with Crippen LogP contribution in [0.4, 0.5) is 5.69 Å². The van der Waals surface area contributed by atoms with E-state index in [1.165, 1.54) is 11.1 Å². The van der Waals surface area contributed by atoms with E-state index in [1.54, 1.807) is 7.11 Å². The molecular formula is C22H30IN3O2. The van der Waals surface area contributed by atoms with Crippen molar-refractivity contribution in [1.82, 2.24) is 0 Å². The zero-order valence-corrected chi connectivity index (χ0v) is 18.9. The topological polar surface area (TPSA) is 68.9 Å². The van der Waals surface area contributed by atoms with Gasteiger partial charge in [0.05, 0.1) is 13.7 Å².